The summed E-state index contributed by atoms with van der Waals surface area (Å²) < 4.78 is 17.9. The molecule has 0 aliphatic heterocycles. The molecule has 1 unspecified atom stereocenters. The number of nitrogens with two attached hydrogens (primary N) is 1. The summed E-state index contributed by atoms with van der Waals surface area (Å²) in [6, 6.07) is 6.34. The molecule has 3 N–H and O–H groups in total. The molecule has 22 heavy (non-hydrogen) atoms. The van der Waals surface area contributed by atoms with Crippen molar-refractivity contribution < 1.29 is 14.0 Å². The van der Waals surface area contributed by atoms with Gasteiger partial charge in [-0.2, -0.15) is 4.98 Å². The van der Waals surface area contributed by atoms with E-state index in [4.69, 9.17) is 10.3 Å². The van der Waals surface area contributed by atoms with Crippen LogP contribution in [0.4, 0.5) is 4.39 Å². The number of hydrogen-bond donors (Lipinski definition) is 2. The first-order valence-corrected chi connectivity index (χ1v) is 7.35. The highest BCUT2D eigenvalue weighted by Crippen LogP contribution is 2.30. The van der Waals surface area contributed by atoms with Gasteiger partial charge in [0.1, 0.15) is 5.82 Å². The Morgan fingerprint density at radius 2 is 2.09 bits per heavy atom. The van der Waals surface area contributed by atoms with Crippen LogP contribution in [0.5, 0.6) is 0 Å². The Hall–Kier alpha value is -1.83. The van der Waals surface area contributed by atoms with Gasteiger partial charge in [-0.25, -0.2) is 4.39 Å². The second kappa shape index (κ2) is 6.51. The molecule has 1 aromatic heterocycles. The zero-order valence-electron chi connectivity index (χ0n) is 12.2. The van der Waals surface area contributed by atoms with Gasteiger partial charge in [0.2, 0.25) is 5.89 Å². The van der Waals surface area contributed by atoms with E-state index < -0.39 is 6.10 Å². The lowest BCUT2D eigenvalue weighted by molar-refractivity contribution is 0.102. The SMILES string of the molecule is NCc1nc(CN(CC(O)c2ccc(F)cc2)C2CC2)no1. The van der Waals surface area contributed by atoms with E-state index in [1.165, 1.54) is 12.1 Å². The zero-order chi connectivity index (χ0) is 15.5. The van der Waals surface area contributed by atoms with Crippen LogP contribution in [0.1, 0.15) is 36.2 Å². The lowest BCUT2D eigenvalue weighted by atomic mass is 10.1. The maximum absolute atomic E-state index is 12.9. The summed E-state index contributed by atoms with van der Waals surface area (Å²) >= 11 is 0. The van der Waals surface area contributed by atoms with Gasteiger partial charge in [-0.05, 0) is 30.5 Å². The Balaban J connectivity index is 1.65. The van der Waals surface area contributed by atoms with E-state index in [0.717, 1.165) is 12.8 Å². The zero-order valence-corrected chi connectivity index (χ0v) is 12.2. The monoisotopic (exact) mass is 306 g/mol. The molecule has 7 heteroatoms. The van der Waals surface area contributed by atoms with Crippen molar-refractivity contribution in [1.29, 1.82) is 0 Å². The summed E-state index contributed by atoms with van der Waals surface area (Å²) in [5.41, 5.74) is 6.15. The minimum Gasteiger partial charge on any atom is -0.387 e. The highest BCUT2D eigenvalue weighted by molar-refractivity contribution is 5.19. The molecular weight excluding hydrogens is 287 g/mol. The Bertz CT molecular complexity index is 612. The first-order chi connectivity index (χ1) is 10.7. The molecule has 1 aliphatic carbocycles. The summed E-state index contributed by atoms with van der Waals surface area (Å²) in [4.78, 5) is 6.32. The Labute approximate surface area is 127 Å². The van der Waals surface area contributed by atoms with E-state index in [1.54, 1.807) is 12.1 Å². The van der Waals surface area contributed by atoms with E-state index in [9.17, 15) is 9.50 Å². The van der Waals surface area contributed by atoms with Crippen molar-refractivity contribution >= 4 is 0 Å². The van der Waals surface area contributed by atoms with Crippen LogP contribution in [0.3, 0.4) is 0 Å². The molecule has 118 valence electrons. The van der Waals surface area contributed by atoms with E-state index >= 15 is 0 Å². The van der Waals surface area contributed by atoms with Crippen LogP contribution in [0.2, 0.25) is 0 Å². The number of aliphatic hydroxyl groups excluding tert-OH is 1. The number of aromatic nitrogens is 2. The Morgan fingerprint density at radius 1 is 1.36 bits per heavy atom. The molecule has 3 rings (SSSR count). The van der Waals surface area contributed by atoms with Crippen LogP contribution in [-0.2, 0) is 13.1 Å². The van der Waals surface area contributed by atoms with Crippen molar-refractivity contribution in [2.24, 2.45) is 5.73 Å². The lowest BCUT2D eigenvalue weighted by Gasteiger charge is -2.23. The van der Waals surface area contributed by atoms with Gasteiger partial charge in [-0.3, -0.25) is 4.90 Å². The molecule has 1 heterocycles. The third-order valence-electron chi connectivity index (χ3n) is 3.75. The molecule has 1 fully saturated rings. The van der Waals surface area contributed by atoms with Gasteiger partial charge >= 0.3 is 0 Å². The average Bonchev–Trinajstić information content (AvgIpc) is 3.27. The summed E-state index contributed by atoms with van der Waals surface area (Å²) in [5, 5.41) is 14.2. The molecule has 0 saturated heterocycles. The Kier molecular flexibility index (Phi) is 4.47. The fourth-order valence-electron chi connectivity index (χ4n) is 2.41. The number of halogens is 1. The smallest absolute Gasteiger partial charge is 0.240 e. The number of rotatable bonds is 7. The van der Waals surface area contributed by atoms with E-state index in [-0.39, 0.29) is 12.4 Å². The van der Waals surface area contributed by atoms with Gasteiger partial charge in [0.15, 0.2) is 5.82 Å². The van der Waals surface area contributed by atoms with Crippen LogP contribution in [0.25, 0.3) is 0 Å². The van der Waals surface area contributed by atoms with Crippen molar-refractivity contribution in [2.45, 2.75) is 38.1 Å². The summed E-state index contributed by atoms with van der Waals surface area (Å²) in [6.45, 7) is 1.17. The van der Waals surface area contributed by atoms with Crippen LogP contribution >= 0.6 is 0 Å². The molecule has 0 bridgehead atoms. The predicted molar refractivity (Wildman–Crippen MR) is 77.0 cm³/mol. The molecule has 1 saturated carbocycles. The van der Waals surface area contributed by atoms with Crippen molar-refractivity contribution in [2.75, 3.05) is 6.54 Å². The number of benzene rings is 1. The third-order valence-corrected chi connectivity index (χ3v) is 3.75. The number of aliphatic hydroxyl groups is 1. The molecule has 0 amide bonds. The second-order valence-corrected chi connectivity index (χ2v) is 5.54. The van der Waals surface area contributed by atoms with Gasteiger partial charge < -0.3 is 15.4 Å². The van der Waals surface area contributed by atoms with Gasteiger partial charge in [0, 0.05) is 12.6 Å². The summed E-state index contributed by atoms with van der Waals surface area (Å²) in [5.74, 6) is 0.666. The minimum atomic E-state index is -0.679. The number of nitrogens with zero attached hydrogens (tertiary/aromatic N) is 3. The fraction of sp³-hybridized carbons (Fsp3) is 0.467. The maximum atomic E-state index is 12.9. The largest absolute Gasteiger partial charge is 0.387 e. The van der Waals surface area contributed by atoms with Gasteiger partial charge in [0.25, 0.3) is 0 Å². The van der Waals surface area contributed by atoms with Gasteiger partial charge in [-0.15, -0.1) is 0 Å². The van der Waals surface area contributed by atoms with Crippen molar-refractivity contribution in [3.8, 4) is 0 Å². The normalized spacial score (nSPS) is 16.2. The Morgan fingerprint density at radius 3 is 2.68 bits per heavy atom. The third kappa shape index (κ3) is 3.68. The molecule has 1 aromatic carbocycles. The summed E-state index contributed by atoms with van der Waals surface area (Å²) in [7, 11) is 0. The molecule has 0 spiro atoms. The molecule has 1 aliphatic rings. The second-order valence-electron chi connectivity index (χ2n) is 5.54. The molecule has 0 radical (unpaired) electrons. The highest BCUT2D eigenvalue weighted by Gasteiger charge is 2.31. The van der Waals surface area contributed by atoms with Crippen LogP contribution in [-0.4, -0.2) is 32.7 Å². The number of hydrogen-bond acceptors (Lipinski definition) is 6. The molecule has 6 nitrogen and oxygen atoms in total. The van der Waals surface area contributed by atoms with Crippen molar-refractivity contribution in [3.63, 3.8) is 0 Å². The fourth-order valence-corrected chi connectivity index (χ4v) is 2.41. The highest BCUT2D eigenvalue weighted by atomic mass is 19.1. The van der Waals surface area contributed by atoms with Crippen LogP contribution < -0.4 is 5.73 Å². The first-order valence-electron chi connectivity index (χ1n) is 7.35. The van der Waals surface area contributed by atoms with Crippen LogP contribution in [0.15, 0.2) is 28.8 Å². The first kappa shape index (κ1) is 15.1. The minimum absolute atomic E-state index is 0.217. The molecule has 1 atom stereocenters. The quantitative estimate of drug-likeness (QED) is 0.803. The van der Waals surface area contributed by atoms with E-state index in [1.807, 2.05) is 0 Å². The lowest BCUT2D eigenvalue weighted by Crippen LogP contribution is -2.30. The van der Waals surface area contributed by atoms with E-state index in [2.05, 4.69) is 15.0 Å². The topological polar surface area (TPSA) is 88.4 Å². The van der Waals surface area contributed by atoms with Crippen molar-refractivity contribution in [1.82, 2.24) is 15.0 Å². The van der Waals surface area contributed by atoms with Crippen LogP contribution in [0, 0.1) is 5.82 Å². The molecule has 2 aromatic rings. The predicted octanol–water partition coefficient (Wildman–Crippen LogP) is 1.37. The molecular formula is C15H19FN4O2. The standard InChI is InChI=1S/C15H19FN4O2/c16-11-3-1-10(2-4-11)13(21)8-20(12-5-6-12)9-14-18-15(7-17)22-19-14/h1-4,12-13,21H,5-9,17H2. The maximum Gasteiger partial charge on any atom is 0.240 e. The van der Waals surface area contributed by atoms with Gasteiger partial charge in [0.05, 0.1) is 19.2 Å². The van der Waals surface area contributed by atoms with Gasteiger partial charge in [-0.1, -0.05) is 17.3 Å². The van der Waals surface area contributed by atoms with Crippen molar-refractivity contribution in [3.05, 3.63) is 47.4 Å². The average molecular weight is 306 g/mol. The summed E-state index contributed by atoms with van der Waals surface area (Å²) in [6.07, 6.45) is 1.51. The van der Waals surface area contributed by atoms with E-state index in [0.29, 0.717) is 36.4 Å².